The van der Waals surface area contributed by atoms with E-state index >= 15 is 0 Å². The van der Waals surface area contributed by atoms with Crippen molar-refractivity contribution in [2.75, 3.05) is 0 Å². The molecule has 1 aromatic carbocycles. The molecule has 2 rings (SSSR count). The predicted octanol–water partition coefficient (Wildman–Crippen LogP) is 4.78. The highest BCUT2D eigenvalue weighted by atomic mass is 14.3. The van der Waals surface area contributed by atoms with Crippen LogP contribution in [0.25, 0.3) is 0 Å². The highest BCUT2D eigenvalue weighted by molar-refractivity contribution is 5.54. The van der Waals surface area contributed by atoms with Crippen molar-refractivity contribution in [3.8, 4) is 0 Å². The summed E-state index contributed by atoms with van der Waals surface area (Å²) in [6, 6.07) is 0. The summed E-state index contributed by atoms with van der Waals surface area (Å²) in [6.45, 7) is 15.7. The molecule has 0 aromatic heterocycles. The van der Waals surface area contributed by atoms with Crippen LogP contribution in [-0.4, -0.2) is 0 Å². The minimum absolute atomic E-state index is 0.619. The quantitative estimate of drug-likeness (QED) is 0.607. The second kappa shape index (κ2) is 4.33. The van der Waals surface area contributed by atoms with Crippen LogP contribution in [0.4, 0.5) is 0 Å². The van der Waals surface area contributed by atoms with Crippen molar-refractivity contribution in [2.24, 2.45) is 0 Å². The number of rotatable bonds is 1. The number of allylic oxidation sites excluding steroid dienone is 1. The van der Waals surface area contributed by atoms with Crippen LogP contribution in [0.15, 0.2) is 12.2 Å². The molecular formula is C17H24. The maximum Gasteiger partial charge on any atom is -0.00639 e. The van der Waals surface area contributed by atoms with Crippen molar-refractivity contribution >= 4 is 0 Å². The number of fused-ring (bicyclic) bond motifs is 1. The largest absolute Gasteiger partial charge is 0.0995 e. The molecule has 1 aliphatic rings. The topological polar surface area (TPSA) is 0 Å². The summed E-state index contributed by atoms with van der Waals surface area (Å²) >= 11 is 0. The molecule has 0 N–H and O–H groups in total. The molecule has 92 valence electrons. The number of benzene rings is 1. The van der Waals surface area contributed by atoms with Crippen molar-refractivity contribution in [3.63, 3.8) is 0 Å². The van der Waals surface area contributed by atoms with Crippen molar-refractivity contribution in [1.82, 2.24) is 0 Å². The molecule has 17 heavy (non-hydrogen) atoms. The van der Waals surface area contributed by atoms with Crippen molar-refractivity contribution in [2.45, 2.75) is 59.8 Å². The Kier molecular flexibility index (Phi) is 3.16. The van der Waals surface area contributed by atoms with Crippen LogP contribution < -0.4 is 0 Å². The fourth-order valence-electron chi connectivity index (χ4n) is 3.29. The van der Waals surface area contributed by atoms with Crippen LogP contribution in [0.2, 0.25) is 0 Å². The van der Waals surface area contributed by atoms with Crippen molar-refractivity contribution in [3.05, 3.63) is 45.5 Å². The summed E-state index contributed by atoms with van der Waals surface area (Å²) < 4.78 is 0. The maximum absolute atomic E-state index is 4.20. The van der Waals surface area contributed by atoms with Crippen molar-refractivity contribution in [1.29, 1.82) is 0 Å². The first-order valence-electron chi connectivity index (χ1n) is 6.71. The van der Waals surface area contributed by atoms with E-state index in [0.29, 0.717) is 5.92 Å². The van der Waals surface area contributed by atoms with E-state index in [4.69, 9.17) is 0 Å². The lowest BCUT2D eigenvalue weighted by Crippen LogP contribution is -2.14. The molecule has 1 aliphatic carbocycles. The predicted molar refractivity (Wildman–Crippen MR) is 75.9 cm³/mol. The van der Waals surface area contributed by atoms with Gasteiger partial charge in [-0.1, -0.05) is 26.0 Å². The summed E-state index contributed by atoms with van der Waals surface area (Å²) in [5.74, 6) is 0.619. The summed E-state index contributed by atoms with van der Waals surface area (Å²) in [6.07, 6.45) is 3.47. The normalized spacial score (nSPS) is 15.3. The van der Waals surface area contributed by atoms with E-state index in [9.17, 15) is 0 Å². The van der Waals surface area contributed by atoms with E-state index in [0.717, 1.165) is 6.42 Å². The molecule has 0 aliphatic heterocycles. The Morgan fingerprint density at radius 3 is 2.12 bits per heavy atom. The zero-order valence-electron chi connectivity index (χ0n) is 11.9. The minimum Gasteiger partial charge on any atom is -0.0995 e. The van der Waals surface area contributed by atoms with Gasteiger partial charge in [0.05, 0.1) is 0 Å². The SMILES string of the molecule is C=C1CCc2c(C)c(C)c(C)c(C(C)C)c2C1. The van der Waals surface area contributed by atoms with E-state index < -0.39 is 0 Å². The Bertz CT molecular complexity index is 476. The van der Waals surface area contributed by atoms with Gasteiger partial charge in [0.25, 0.3) is 0 Å². The third-order valence-corrected chi connectivity index (χ3v) is 4.40. The van der Waals surface area contributed by atoms with Gasteiger partial charge in [-0.15, -0.1) is 0 Å². The molecule has 0 saturated heterocycles. The lowest BCUT2D eigenvalue weighted by Gasteiger charge is -2.28. The van der Waals surface area contributed by atoms with Crippen LogP contribution in [0.1, 0.15) is 59.6 Å². The Balaban J connectivity index is 2.74. The second-order valence-corrected chi connectivity index (χ2v) is 5.83. The van der Waals surface area contributed by atoms with E-state index in [-0.39, 0.29) is 0 Å². The third kappa shape index (κ3) is 1.94. The van der Waals surface area contributed by atoms with Gasteiger partial charge < -0.3 is 0 Å². The first-order chi connectivity index (χ1) is 7.93. The third-order valence-electron chi connectivity index (χ3n) is 4.40. The fraction of sp³-hybridized carbons (Fsp3) is 0.529. The molecular weight excluding hydrogens is 204 g/mol. The average molecular weight is 228 g/mol. The molecule has 0 bridgehead atoms. The molecule has 0 radical (unpaired) electrons. The first-order valence-corrected chi connectivity index (χ1v) is 6.71. The summed E-state index contributed by atoms with van der Waals surface area (Å²) in [5, 5.41) is 0. The van der Waals surface area contributed by atoms with E-state index in [1.165, 1.54) is 35.1 Å². The molecule has 0 fully saturated rings. The molecule has 0 unspecified atom stereocenters. The number of hydrogen-bond donors (Lipinski definition) is 0. The molecule has 0 atom stereocenters. The van der Waals surface area contributed by atoms with Gasteiger partial charge in [0.15, 0.2) is 0 Å². The highest BCUT2D eigenvalue weighted by Crippen LogP contribution is 2.37. The van der Waals surface area contributed by atoms with Crippen LogP contribution in [0.5, 0.6) is 0 Å². The van der Waals surface area contributed by atoms with Gasteiger partial charge in [0.1, 0.15) is 0 Å². The van der Waals surface area contributed by atoms with Crippen LogP contribution in [-0.2, 0) is 12.8 Å². The lowest BCUT2D eigenvalue weighted by molar-refractivity contribution is 0.773. The molecule has 1 aromatic rings. The van der Waals surface area contributed by atoms with Crippen LogP contribution in [0, 0.1) is 20.8 Å². The molecule has 0 spiro atoms. The van der Waals surface area contributed by atoms with Gasteiger partial charge >= 0.3 is 0 Å². The van der Waals surface area contributed by atoms with Crippen LogP contribution >= 0.6 is 0 Å². The standard InChI is InChI=1S/C17H24/c1-10(2)17-14(6)12(4)13(5)15-8-7-11(3)9-16(15)17/h10H,3,7-9H2,1-2,4-6H3. The van der Waals surface area contributed by atoms with E-state index in [1.54, 1.807) is 16.7 Å². The number of hydrogen-bond acceptors (Lipinski definition) is 0. The maximum atomic E-state index is 4.20. The Labute approximate surface area is 106 Å². The molecule has 0 heteroatoms. The van der Waals surface area contributed by atoms with Gasteiger partial charge in [0, 0.05) is 0 Å². The minimum atomic E-state index is 0.619. The second-order valence-electron chi connectivity index (χ2n) is 5.83. The van der Waals surface area contributed by atoms with E-state index in [2.05, 4.69) is 41.2 Å². The average Bonchev–Trinajstić information content (AvgIpc) is 2.25. The Morgan fingerprint density at radius 1 is 0.882 bits per heavy atom. The monoisotopic (exact) mass is 228 g/mol. The summed E-state index contributed by atoms with van der Waals surface area (Å²) in [7, 11) is 0. The van der Waals surface area contributed by atoms with E-state index in [1.807, 2.05) is 0 Å². The molecule has 0 amide bonds. The summed E-state index contributed by atoms with van der Waals surface area (Å²) in [4.78, 5) is 0. The molecule has 0 heterocycles. The van der Waals surface area contributed by atoms with Crippen LogP contribution in [0.3, 0.4) is 0 Å². The van der Waals surface area contributed by atoms with Gasteiger partial charge in [-0.25, -0.2) is 0 Å². The lowest BCUT2D eigenvalue weighted by atomic mass is 9.77. The Morgan fingerprint density at radius 2 is 1.53 bits per heavy atom. The first kappa shape index (κ1) is 12.4. The fourth-order valence-corrected chi connectivity index (χ4v) is 3.29. The van der Waals surface area contributed by atoms with Gasteiger partial charge in [-0.2, -0.15) is 0 Å². The van der Waals surface area contributed by atoms with Gasteiger partial charge in [-0.05, 0) is 79.3 Å². The smallest absolute Gasteiger partial charge is 0.00639 e. The van der Waals surface area contributed by atoms with Crippen molar-refractivity contribution < 1.29 is 0 Å². The highest BCUT2D eigenvalue weighted by Gasteiger charge is 2.22. The molecule has 0 saturated carbocycles. The van der Waals surface area contributed by atoms with Gasteiger partial charge in [0.2, 0.25) is 0 Å². The Hall–Kier alpha value is -1.04. The van der Waals surface area contributed by atoms with Gasteiger partial charge in [-0.3, -0.25) is 0 Å². The molecule has 0 nitrogen and oxygen atoms in total. The zero-order valence-corrected chi connectivity index (χ0v) is 11.9. The zero-order chi connectivity index (χ0) is 12.7. The summed E-state index contributed by atoms with van der Waals surface area (Å²) in [5.41, 5.74) is 10.7.